The van der Waals surface area contributed by atoms with Crippen molar-refractivity contribution in [3.8, 4) is 0 Å². The Morgan fingerprint density at radius 1 is 0.900 bits per heavy atom. The largest absolute Gasteiger partial charge is 0.309 e. The summed E-state index contributed by atoms with van der Waals surface area (Å²) in [6.45, 7) is 6.37. The van der Waals surface area contributed by atoms with E-state index in [2.05, 4.69) is 38.2 Å². The van der Waals surface area contributed by atoms with Crippen molar-refractivity contribution in [2.24, 2.45) is 0 Å². The third kappa shape index (κ3) is 2.85. The maximum absolute atomic E-state index is 6.36. The lowest BCUT2D eigenvalue weighted by Gasteiger charge is -2.24. The third-order valence-corrected chi connectivity index (χ3v) is 4.26. The summed E-state index contributed by atoms with van der Waals surface area (Å²) in [7, 11) is 1.93. The van der Waals surface area contributed by atoms with Gasteiger partial charge in [0.05, 0.1) is 6.04 Å². The first-order valence-electron chi connectivity index (χ1n) is 6.64. The molecule has 0 aliphatic carbocycles. The van der Waals surface area contributed by atoms with Gasteiger partial charge >= 0.3 is 0 Å². The number of rotatable bonds is 3. The minimum atomic E-state index is -0.00296. The van der Waals surface area contributed by atoms with Gasteiger partial charge < -0.3 is 5.32 Å². The summed E-state index contributed by atoms with van der Waals surface area (Å²) >= 11 is 12.7. The van der Waals surface area contributed by atoms with Crippen LogP contribution in [0.1, 0.15) is 33.9 Å². The molecule has 1 nitrogen and oxygen atoms in total. The fraction of sp³-hybridized carbons (Fsp3) is 0.294. The number of benzene rings is 2. The van der Waals surface area contributed by atoms with Crippen LogP contribution in [0.4, 0.5) is 0 Å². The molecular weight excluding hydrogens is 289 g/mol. The van der Waals surface area contributed by atoms with E-state index in [1.54, 1.807) is 0 Å². The molecule has 0 radical (unpaired) electrons. The highest BCUT2D eigenvalue weighted by Crippen LogP contribution is 2.36. The lowest BCUT2D eigenvalue weighted by atomic mass is 9.90. The molecule has 1 atom stereocenters. The van der Waals surface area contributed by atoms with Crippen LogP contribution in [0.3, 0.4) is 0 Å². The van der Waals surface area contributed by atoms with Crippen LogP contribution in [0.15, 0.2) is 30.3 Å². The zero-order valence-corrected chi connectivity index (χ0v) is 13.7. The minimum Gasteiger partial charge on any atom is -0.309 e. The molecule has 20 heavy (non-hydrogen) atoms. The summed E-state index contributed by atoms with van der Waals surface area (Å²) < 4.78 is 0. The van der Waals surface area contributed by atoms with Gasteiger partial charge in [0.2, 0.25) is 0 Å². The molecule has 3 heteroatoms. The van der Waals surface area contributed by atoms with Crippen LogP contribution in [-0.2, 0) is 0 Å². The summed E-state index contributed by atoms with van der Waals surface area (Å²) in [6.07, 6.45) is 0. The van der Waals surface area contributed by atoms with Gasteiger partial charge in [-0.25, -0.2) is 0 Å². The van der Waals surface area contributed by atoms with Crippen molar-refractivity contribution in [3.05, 3.63) is 68.2 Å². The molecule has 0 heterocycles. The van der Waals surface area contributed by atoms with Crippen LogP contribution >= 0.6 is 23.2 Å². The first-order valence-corrected chi connectivity index (χ1v) is 7.40. The summed E-state index contributed by atoms with van der Waals surface area (Å²) in [5.41, 5.74) is 5.95. The van der Waals surface area contributed by atoms with Crippen LogP contribution in [0.25, 0.3) is 0 Å². The standard InChI is InChI=1S/C17H19Cl2N/c1-10-8-11(2)15(12(3)9-10)17(20-4)16-13(18)6-5-7-14(16)19/h5-9,17,20H,1-4H3. The van der Waals surface area contributed by atoms with E-state index in [1.807, 2.05) is 25.2 Å². The second-order valence-electron chi connectivity index (χ2n) is 5.17. The normalized spacial score (nSPS) is 12.5. The van der Waals surface area contributed by atoms with Crippen LogP contribution in [0.5, 0.6) is 0 Å². The number of nitrogens with one attached hydrogen (secondary N) is 1. The van der Waals surface area contributed by atoms with E-state index in [-0.39, 0.29) is 6.04 Å². The highest BCUT2D eigenvalue weighted by atomic mass is 35.5. The maximum atomic E-state index is 6.36. The molecular formula is C17H19Cl2N. The molecule has 1 unspecified atom stereocenters. The lowest BCUT2D eigenvalue weighted by Crippen LogP contribution is -2.20. The van der Waals surface area contributed by atoms with Gasteiger partial charge in [-0.1, -0.05) is 47.0 Å². The highest BCUT2D eigenvalue weighted by Gasteiger charge is 2.21. The van der Waals surface area contributed by atoms with Gasteiger partial charge in [-0.15, -0.1) is 0 Å². The van der Waals surface area contributed by atoms with Gasteiger partial charge in [-0.2, -0.15) is 0 Å². The van der Waals surface area contributed by atoms with Crippen molar-refractivity contribution in [3.63, 3.8) is 0 Å². The molecule has 0 fully saturated rings. The summed E-state index contributed by atoms with van der Waals surface area (Å²) in [5, 5.41) is 4.73. The number of hydrogen-bond acceptors (Lipinski definition) is 1. The zero-order valence-electron chi connectivity index (χ0n) is 12.2. The maximum Gasteiger partial charge on any atom is 0.0609 e. The Morgan fingerprint density at radius 3 is 1.85 bits per heavy atom. The molecule has 0 aliphatic heterocycles. The molecule has 2 aromatic carbocycles. The molecule has 0 bridgehead atoms. The Bertz CT molecular complexity index is 592. The van der Waals surface area contributed by atoms with E-state index in [0.29, 0.717) is 10.0 Å². The number of hydrogen-bond donors (Lipinski definition) is 1. The lowest BCUT2D eigenvalue weighted by molar-refractivity contribution is 0.683. The monoisotopic (exact) mass is 307 g/mol. The molecule has 0 saturated carbocycles. The van der Waals surface area contributed by atoms with Gasteiger partial charge in [-0.3, -0.25) is 0 Å². The molecule has 2 rings (SSSR count). The number of aryl methyl sites for hydroxylation is 3. The van der Waals surface area contributed by atoms with E-state index in [9.17, 15) is 0 Å². The van der Waals surface area contributed by atoms with Gasteiger partial charge in [-0.05, 0) is 56.6 Å². The molecule has 0 spiro atoms. The van der Waals surface area contributed by atoms with Crippen LogP contribution in [0, 0.1) is 20.8 Å². The van der Waals surface area contributed by atoms with E-state index >= 15 is 0 Å². The van der Waals surface area contributed by atoms with Crippen molar-refractivity contribution >= 4 is 23.2 Å². The van der Waals surface area contributed by atoms with Crippen LogP contribution in [0.2, 0.25) is 10.0 Å². The van der Waals surface area contributed by atoms with E-state index in [0.717, 1.165) is 5.56 Å². The number of halogens is 2. The molecule has 0 amide bonds. The van der Waals surface area contributed by atoms with Gasteiger partial charge in [0.15, 0.2) is 0 Å². The molecule has 0 aliphatic rings. The van der Waals surface area contributed by atoms with E-state index in [4.69, 9.17) is 23.2 Å². The first kappa shape index (κ1) is 15.4. The Hall–Kier alpha value is -1.02. The van der Waals surface area contributed by atoms with Crippen molar-refractivity contribution in [1.29, 1.82) is 0 Å². The average Bonchev–Trinajstić information content (AvgIpc) is 2.35. The molecule has 2 aromatic rings. The third-order valence-electron chi connectivity index (χ3n) is 3.60. The minimum absolute atomic E-state index is 0.00296. The fourth-order valence-corrected chi connectivity index (χ4v) is 3.48. The molecule has 106 valence electrons. The van der Waals surface area contributed by atoms with E-state index < -0.39 is 0 Å². The smallest absolute Gasteiger partial charge is 0.0609 e. The predicted octanol–water partition coefficient (Wildman–Crippen LogP) is 5.23. The van der Waals surface area contributed by atoms with Crippen LogP contribution < -0.4 is 5.32 Å². The molecule has 0 aromatic heterocycles. The van der Waals surface area contributed by atoms with Crippen molar-refractivity contribution in [2.45, 2.75) is 26.8 Å². The molecule has 0 saturated heterocycles. The van der Waals surface area contributed by atoms with Crippen LogP contribution in [-0.4, -0.2) is 7.05 Å². The van der Waals surface area contributed by atoms with Gasteiger partial charge in [0.25, 0.3) is 0 Å². The topological polar surface area (TPSA) is 12.0 Å². The Balaban J connectivity index is 2.65. The van der Waals surface area contributed by atoms with Gasteiger partial charge in [0, 0.05) is 15.6 Å². The Morgan fingerprint density at radius 2 is 1.40 bits per heavy atom. The second kappa shape index (κ2) is 6.17. The van der Waals surface area contributed by atoms with E-state index in [1.165, 1.54) is 22.3 Å². The highest BCUT2D eigenvalue weighted by molar-refractivity contribution is 6.36. The predicted molar refractivity (Wildman–Crippen MR) is 88.0 cm³/mol. The van der Waals surface area contributed by atoms with Crippen molar-refractivity contribution < 1.29 is 0 Å². The summed E-state index contributed by atoms with van der Waals surface area (Å²) in [5.74, 6) is 0. The SMILES string of the molecule is CNC(c1c(C)cc(C)cc1C)c1c(Cl)cccc1Cl. The zero-order chi connectivity index (χ0) is 14.9. The average molecular weight is 308 g/mol. The van der Waals surface area contributed by atoms with Crippen molar-refractivity contribution in [1.82, 2.24) is 5.32 Å². The first-order chi connectivity index (χ1) is 9.45. The molecule has 1 N–H and O–H groups in total. The quantitative estimate of drug-likeness (QED) is 0.819. The van der Waals surface area contributed by atoms with Gasteiger partial charge in [0.1, 0.15) is 0 Å². The Kier molecular flexibility index (Phi) is 4.74. The second-order valence-corrected chi connectivity index (χ2v) is 5.98. The summed E-state index contributed by atoms with van der Waals surface area (Å²) in [4.78, 5) is 0. The summed E-state index contributed by atoms with van der Waals surface area (Å²) in [6, 6.07) is 10.0. The fourth-order valence-electron chi connectivity index (χ4n) is 2.87. The van der Waals surface area contributed by atoms with Crippen molar-refractivity contribution in [2.75, 3.05) is 7.05 Å². The Labute approximate surface area is 130 Å².